The fourth-order valence-corrected chi connectivity index (χ4v) is 2.88. The topological polar surface area (TPSA) is 81.6 Å². The number of hydrogen-bond acceptors (Lipinski definition) is 4. The van der Waals surface area contributed by atoms with Crippen LogP contribution < -0.4 is 10.6 Å². The van der Waals surface area contributed by atoms with Gasteiger partial charge in [-0.3, -0.25) is 4.79 Å². The number of nitrogens with one attached hydrogen (secondary N) is 2. The summed E-state index contributed by atoms with van der Waals surface area (Å²) in [5.74, 6) is -0.397. The van der Waals surface area contributed by atoms with Crippen molar-refractivity contribution in [2.75, 3.05) is 19.6 Å². The van der Waals surface area contributed by atoms with Crippen molar-refractivity contribution in [3.05, 3.63) is 42.0 Å². The highest BCUT2D eigenvalue weighted by Gasteiger charge is 2.29. The zero-order valence-corrected chi connectivity index (χ0v) is 12.3. The largest absolute Gasteiger partial charge is 0.506 e. The Morgan fingerprint density at radius 1 is 1.27 bits per heavy atom. The molecule has 3 rings (SSSR count). The normalized spacial score (nSPS) is 21.7. The molecule has 116 valence electrons. The Bertz CT molecular complexity index is 693. The number of fused-ring (bicyclic) bond motifs is 1. The zero-order chi connectivity index (χ0) is 15.6. The van der Waals surface area contributed by atoms with Crippen molar-refractivity contribution in [3.63, 3.8) is 0 Å². The van der Waals surface area contributed by atoms with E-state index in [2.05, 4.69) is 10.6 Å². The van der Waals surface area contributed by atoms with Crippen molar-refractivity contribution in [1.29, 1.82) is 0 Å². The first-order valence-corrected chi connectivity index (χ1v) is 7.51. The molecule has 2 aromatic rings. The number of phenols is 1. The number of hydrogen-bond donors (Lipinski definition) is 4. The fourth-order valence-electron chi connectivity index (χ4n) is 2.88. The van der Waals surface area contributed by atoms with Crippen LogP contribution in [0.2, 0.25) is 0 Å². The third-order valence-electron chi connectivity index (χ3n) is 4.17. The van der Waals surface area contributed by atoms with Gasteiger partial charge in [-0.1, -0.05) is 30.3 Å². The standard InChI is InChI=1S/C17H20N2O3/c20-15-13-5-2-1-4-12(13)6-7-14(15)16(21)19-11-17(22)8-3-9-18-10-17/h1-2,4-7,18,20,22H,3,8-11H2,(H,19,21)/t17-/m0/s1. The van der Waals surface area contributed by atoms with E-state index in [1.54, 1.807) is 18.2 Å². The van der Waals surface area contributed by atoms with Crippen molar-refractivity contribution in [3.8, 4) is 5.75 Å². The van der Waals surface area contributed by atoms with Crippen LogP contribution in [-0.2, 0) is 0 Å². The third kappa shape index (κ3) is 2.91. The highest BCUT2D eigenvalue weighted by molar-refractivity contribution is 6.03. The van der Waals surface area contributed by atoms with Crippen LogP contribution in [0.1, 0.15) is 23.2 Å². The average molecular weight is 300 g/mol. The number of β-amino-alcohol motifs (C(OH)–C–C–N with tert-alkyl or cyclic N) is 1. The molecule has 1 heterocycles. The SMILES string of the molecule is O=C(NC[C@]1(O)CCCNC1)c1ccc2ccccc2c1O. The number of phenolic OH excluding ortho intramolecular Hbond substituents is 1. The number of rotatable bonds is 3. The molecule has 1 aliphatic heterocycles. The van der Waals surface area contributed by atoms with Crippen LogP contribution in [0, 0.1) is 0 Å². The minimum atomic E-state index is -0.916. The molecule has 2 aromatic carbocycles. The highest BCUT2D eigenvalue weighted by Crippen LogP contribution is 2.28. The van der Waals surface area contributed by atoms with Crippen LogP contribution >= 0.6 is 0 Å². The molecule has 0 unspecified atom stereocenters. The number of aliphatic hydroxyl groups is 1. The number of carbonyl (C=O) groups excluding carboxylic acids is 1. The van der Waals surface area contributed by atoms with Crippen LogP contribution in [0.5, 0.6) is 5.75 Å². The number of carbonyl (C=O) groups is 1. The summed E-state index contributed by atoms with van der Waals surface area (Å²) in [6.07, 6.45) is 1.54. The molecule has 0 radical (unpaired) electrons. The molecule has 0 spiro atoms. The molecule has 0 bridgehead atoms. The number of aromatic hydroxyl groups is 1. The summed E-state index contributed by atoms with van der Waals surface area (Å²) >= 11 is 0. The van der Waals surface area contributed by atoms with Crippen molar-refractivity contribution in [1.82, 2.24) is 10.6 Å². The molecule has 5 nitrogen and oxygen atoms in total. The Kier molecular flexibility index (Phi) is 4.00. The lowest BCUT2D eigenvalue weighted by atomic mass is 9.94. The van der Waals surface area contributed by atoms with Gasteiger partial charge < -0.3 is 20.8 Å². The molecule has 0 aliphatic carbocycles. The Balaban J connectivity index is 1.76. The van der Waals surface area contributed by atoms with Crippen molar-refractivity contribution in [2.24, 2.45) is 0 Å². The van der Waals surface area contributed by atoms with Gasteiger partial charge in [0.15, 0.2) is 0 Å². The van der Waals surface area contributed by atoms with Crippen LogP contribution in [0.25, 0.3) is 10.8 Å². The molecule has 1 fully saturated rings. The summed E-state index contributed by atoms with van der Waals surface area (Å²) in [4.78, 5) is 12.3. The van der Waals surface area contributed by atoms with E-state index in [4.69, 9.17) is 0 Å². The van der Waals surface area contributed by atoms with E-state index >= 15 is 0 Å². The summed E-state index contributed by atoms with van der Waals surface area (Å²) in [6, 6.07) is 10.8. The first-order chi connectivity index (χ1) is 10.6. The van der Waals surface area contributed by atoms with Crippen molar-refractivity contribution >= 4 is 16.7 Å². The molecule has 0 saturated carbocycles. The molecule has 1 saturated heterocycles. The molecule has 5 heteroatoms. The molecule has 0 aromatic heterocycles. The molecule has 1 aliphatic rings. The van der Waals surface area contributed by atoms with Crippen LogP contribution in [-0.4, -0.2) is 41.4 Å². The van der Waals surface area contributed by atoms with Gasteiger partial charge in [0, 0.05) is 18.5 Å². The molecular weight excluding hydrogens is 280 g/mol. The molecule has 1 atom stereocenters. The smallest absolute Gasteiger partial charge is 0.255 e. The summed E-state index contributed by atoms with van der Waals surface area (Å²) in [5.41, 5.74) is -0.688. The van der Waals surface area contributed by atoms with E-state index in [0.717, 1.165) is 18.4 Å². The van der Waals surface area contributed by atoms with Gasteiger partial charge in [0.2, 0.25) is 0 Å². The third-order valence-corrected chi connectivity index (χ3v) is 4.17. The predicted octanol–water partition coefficient (Wildman–Crippen LogP) is 1.39. The molecule has 1 amide bonds. The average Bonchev–Trinajstić information content (AvgIpc) is 2.54. The second-order valence-electron chi connectivity index (χ2n) is 5.87. The lowest BCUT2D eigenvalue weighted by Gasteiger charge is -2.32. The van der Waals surface area contributed by atoms with Crippen LogP contribution in [0.3, 0.4) is 0 Å². The van der Waals surface area contributed by atoms with Crippen LogP contribution in [0.15, 0.2) is 36.4 Å². The van der Waals surface area contributed by atoms with E-state index in [1.807, 2.05) is 18.2 Å². The van der Waals surface area contributed by atoms with E-state index < -0.39 is 5.60 Å². The monoisotopic (exact) mass is 300 g/mol. The van der Waals surface area contributed by atoms with Crippen molar-refractivity contribution < 1.29 is 15.0 Å². The second kappa shape index (κ2) is 5.94. The highest BCUT2D eigenvalue weighted by atomic mass is 16.3. The van der Waals surface area contributed by atoms with Gasteiger partial charge in [0.25, 0.3) is 5.91 Å². The predicted molar refractivity (Wildman–Crippen MR) is 85.0 cm³/mol. The minimum absolute atomic E-state index is 0.0237. The van der Waals surface area contributed by atoms with E-state index in [1.165, 1.54) is 0 Å². The second-order valence-corrected chi connectivity index (χ2v) is 5.87. The Labute approximate surface area is 129 Å². The Morgan fingerprint density at radius 2 is 2.09 bits per heavy atom. The number of amides is 1. The van der Waals surface area contributed by atoms with E-state index in [0.29, 0.717) is 18.4 Å². The van der Waals surface area contributed by atoms with Gasteiger partial charge >= 0.3 is 0 Å². The van der Waals surface area contributed by atoms with Gasteiger partial charge in [0.05, 0.1) is 11.2 Å². The first-order valence-electron chi connectivity index (χ1n) is 7.51. The quantitative estimate of drug-likeness (QED) is 0.690. The minimum Gasteiger partial charge on any atom is -0.506 e. The summed E-state index contributed by atoms with van der Waals surface area (Å²) in [7, 11) is 0. The van der Waals surface area contributed by atoms with Gasteiger partial charge in [0.1, 0.15) is 5.75 Å². The summed E-state index contributed by atoms with van der Waals surface area (Å²) in [6.45, 7) is 1.53. The molecule has 4 N–H and O–H groups in total. The van der Waals surface area contributed by atoms with E-state index in [9.17, 15) is 15.0 Å². The maximum absolute atomic E-state index is 12.3. The van der Waals surface area contributed by atoms with Gasteiger partial charge in [-0.05, 0) is 30.8 Å². The lowest BCUT2D eigenvalue weighted by Crippen LogP contribution is -2.52. The molecular formula is C17H20N2O3. The Morgan fingerprint density at radius 3 is 2.86 bits per heavy atom. The van der Waals surface area contributed by atoms with Gasteiger partial charge in [-0.2, -0.15) is 0 Å². The maximum atomic E-state index is 12.3. The summed E-state index contributed by atoms with van der Waals surface area (Å²) in [5, 5.41) is 28.0. The Hall–Kier alpha value is -2.11. The van der Waals surface area contributed by atoms with Crippen molar-refractivity contribution in [2.45, 2.75) is 18.4 Å². The number of benzene rings is 2. The van der Waals surface area contributed by atoms with E-state index in [-0.39, 0.29) is 23.8 Å². The number of piperidine rings is 1. The van der Waals surface area contributed by atoms with Gasteiger partial charge in [-0.25, -0.2) is 0 Å². The first kappa shape index (κ1) is 14.8. The van der Waals surface area contributed by atoms with Gasteiger partial charge in [-0.15, -0.1) is 0 Å². The fraction of sp³-hybridized carbons (Fsp3) is 0.353. The summed E-state index contributed by atoms with van der Waals surface area (Å²) < 4.78 is 0. The maximum Gasteiger partial charge on any atom is 0.255 e. The zero-order valence-electron chi connectivity index (χ0n) is 12.3. The van der Waals surface area contributed by atoms with Crippen LogP contribution in [0.4, 0.5) is 0 Å². The lowest BCUT2D eigenvalue weighted by molar-refractivity contribution is 0.0169. The molecule has 22 heavy (non-hydrogen) atoms.